The number of halogens is 3. The fraction of sp³-hybridized carbons (Fsp3) is 0.417. The number of alkyl halides is 3. The number of nitrogens with one attached hydrogen (secondary N) is 1. The molecular formula is C12H15F3N2O2. The van der Waals surface area contributed by atoms with Gasteiger partial charge in [-0.3, -0.25) is 5.32 Å². The van der Waals surface area contributed by atoms with Crippen LogP contribution in [0, 0.1) is 0 Å². The van der Waals surface area contributed by atoms with Crippen LogP contribution in [0.1, 0.15) is 26.3 Å². The highest BCUT2D eigenvalue weighted by atomic mass is 19.4. The van der Waals surface area contributed by atoms with Crippen LogP contribution in [0.25, 0.3) is 0 Å². The van der Waals surface area contributed by atoms with Crippen LogP contribution in [-0.4, -0.2) is 11.7 Å². The third-order valence-electron chi connectivity index (χ3n) is 2.01. The van der Waals surface area contributed by atoms with E-state index in [0.717, 1.165) is 18.2 Å². The Morgan fingerprint density at radius 1 is 1.26 bits per heavy atom. The van der Waals surface area contributed by atoms with Gasteiger partial charge in [0.1, 0.15) is 5.60 Å². The monoisotopic (exact) mass is 276 g/mol. The first kappa shape index (κ1) is 15.1. The van der Waals surface area contributed by atoms with Crippen molar-refractivity contribution in [2.24, 2.45) is 0 Å². The molecule has 1 amide bonds. The number of hydrogen-bond donors (Lipinski definition) is 2. The molecule has 1 rings (SSSR count). The molecular weight excluding hydrogens is 261 g/mol. The summed E-state index contributed by atoms with van der Waals surface area (Å²) in [5.74, 6) is 0. The van der Waals surface area contributed by atoms with Gasteiger partial charge in [0, 0.05) is 0 Å². The van der Waals surface area contributed by atoms with E-state index in [4.69, 9.17) is 10.5 Å². The van der Waals surface area contributed by atoms with Crippen LogP contribution >= 0.6 is 0 Å². The second-order valence-corrected chi connectivity index (χ2v) is 4.93. The first-order valence-electron chi connectivity index (χ1n) is 5.46. The molecule has 0 heterocycles. The lowest BCUT2D eigenvalue weighted by molar-refractivity contribution is -0.137. The third kappa shape index (κ3) is 4.69. The van der Waals surface area contributed by atoms with Crippen molar-refractivity contribution in [2.45, 2.75) is 32.5 Å². The Morgan fingerprint density at radius 3 is 2.26 bits per heavy atom. The molecule has 7 heteroatoms. The highest BCUT2D eigenvalue weighted by Crippen LogP contribution is 2.32. The standard InChI is InChI=1S/C12H15F3N2O2/c1-11(2,3)19-10(18)17-9-5-4-7(6-8(9)16)12(13,14)15/h4-6H,16H2,1-3H3,(H,17,18). The molecule has 0 atom stereocenters. The molecule has 0 radical (unpaired) electrons. The number of benzene rings is 1. The van der Waals surface area contributed by atoms with Gasteiger partial charge >= 0.3 is 12.3 Å². The van der Waals surface area contributed by atoms with Crippen LogP contribution in [0.3, 0.4) is 0 Å². The van der Waals surface area contributed by atoms with E-state index in [1.807, 2.05) is 0 Å². The van der Waals surface area contributed by atoms with Crippen molar-refractivity contribution in [2.75, 3.05) is 11.1 Å². The summed E-state index contributed by atoms with van der Waals surface area (Å²) in [5, 5.41) is 2.29. The molecule has 0 fully saturated rings. The van der Waals surface area contributed by atoms with Gasteiger partial charge in [0.2, 0.25) is 0 Å². The van der Waals surface area contributed by atoms with Crippen LogP contribution in [0.15, 0.2) is 18.2 Å². The molecule has 1 aromatic rings. The van der Waals surface area contributed by atoms with E-state index in [1.165, 1.54) is 0 Å². The van der Waals surface area contributed by atoms with E-state index in [0.29, 0.717) is 0 Å². The zero-order valence-electron chi connectivity index (χ0n) is 10.8. The molecule has 0 aliphatic carbocycles. The molecule has 0 spiro atoms. The van der Waals surface area contributed by atoms with Gasteiger partial charge in [-0.1, -0.05) is 0 Å². The van der Waals surface area contributed by atoms with Crippen LogP contribution in [-0.2, 0) is 10.9 Å². The van der Waals surface area contributed by atoms with Crippen molar-refractivity contribution in [3.05, 3.63) is 23.8 Å². The van der Waals surface area contributed by atoms with Crippen LogP contribution < -0.4 is 11.1 Å². The quantitative estimate of drug-likeness (QED) is 0.770. The van der Waals surface area contributed by atoms with Crippen molar-refractivity contribution < 1.29 is 22.7 Å². The number of anilines is 2. The van der Waals surface area contributed by atoms with Gasteiger partial charge in [0.15, 0.2) is 0 Å². The van der Waals surface area contributed by atoms with E-state index in [-0.39, 0.29) is 11.4 Å². The average Bonchev–Trinajstić information content (AvgIpc) is 2.16. The summed E-state index contributed by atoms with van der Waals surface area (Å²) in [6.45, 7) is 5.01. The van der Waals surface area contributed by atoms with Crippen molar-refractivity contribution in [1.82, 2.24) is 0 Å². The molecule has 1 aromatic carbocycles. The van der Waals surface area contributed by atoms with Gasteiger partial charge in [-0.2, -0.15) is 13.2 Å². The van der Waals surface area contributed by atoms with Crippen LogP contribution in [0.4, 0.5) is 29.3 Å². The largest absolute Gasteiger partial charge is 0.444 e. The Hall–Kier alpha value is -1.92. The van der Waals surface area contributed by atoms with Gasteiger partial charge in [-0.05, 0) is 39.0 Å². The second kappa shape index (κ2) is 4.99. The Labute approximate surface area is 108 Å². The number of rotatable bonds is 1. The Balaban J connectivity index is 2.84. The molecule has 0 aliphatic rings. The van der Waals surface area contributed by atoms with E-state index in [9.17, 15) is 18.0 Å². The average molecular weight is 276 g/mol. The molecule has 0 saturated heterocycles. The normalized spacial score (nSPS) is 12.1. The fourth-order valence-corrected chi connectivity index (χ4v) is 1.27. The van der Waals surface area contributed by atoms with E-state index in [2.05, 4.69) is 5.32 Å². The summed E-state index contributed by atoms with van der Waals surface area (Å²) in [7, 11) is 0. The Kier molecular flexibility index (Phi) is 3.97. The van der Waals surface area contributed by atoms with Gasteiger partial charge in [-0.25, -0.2) is 4.79 Å². The van der Waals surface area contributed by atoms with E-state index in [1.54, 1.807) is 20.8 Å². The number of nitrogen functional groups attached to an aromatic ring is 1. The highest BCUT2D eigenvalue weighted by molar-refractivity contribution is 5.89. The topological polar surface area (TPSA) is 64.3 Å². The summed E-state index contributed by atoms with van der Waals surface area (Å²) in [5.41, 5.74) is 3.77. The lowest BCUT2D eigenvalue weighted by atomic mass is 10.1. The minimum atomic E-state index is -4.47. The minimum absolute atomic E-state index is 0.0715. The third-order valence-corrected chi connectivity index (χ3v) is 2.01. The Bertz CT molecular complexity index is 479. The number of ether oxygens (including phenoxy) is 1. The number of amides is 1. The predicted molar refractivity (Wildman–Crippen MR) is 65.7 cm³/mol. The lowest BCUT2D eigenvalue weighted by Crippen LogP contribution is -2.27. The second-order valence-electron chi connectivity index (χ2n) is 4.93. The van der Waals surface area contributed by atoms with Gasteiger partial charge < -0.3 is 10.5 Å². The molecule has 4 nitrogen and oxygen atoms in total. The molecule has 0 aromatic heterocycles. The van der Waals surface area contributed by atoms with E-state index >= 15 is 0 Å². The van der Waals surface area contributed by atoms with Crippen molar-refractivity contribution in [3.63, 3.8) is 0 Å². The Morgan fingerprint density at radius 2 is 1.84 bits per heavy atom. The predicted octanol–water partition coefficient (Wildman–Crippen LogP) is 3.63. The maximum absolute atomic E-state index is 12.4. The number of hydrogen-bond acceptors (Lipinski definition) is 3. The number of nitrogens with two attached hydrogens (primary N) is 1. The van der Waals surface area contributed by atoms with Crippen molar-refractivity contribution >= 4 is 17.5 Å². The zero-order valence-corrected chi connectivity index (χ0v) is 10.8. The first-order chi connectivity index (χ1) is 8.49. The maximum Gasteiger partial charge on any atom is 0.416 e. The SMILES string of the molecule is CC(C)(C)OC(=O)Nc1ccc(C(F)(F)F)cc1N. The molecule has 0 bridgehead atoms. The maximum atomic E-state index is 12.4. The molecule has 0 unspecified atom stereocenters. The first-order valence-corrected chi connectivity index (χ1v) is 5.46. The molecule has 19 heavy (non-hydrogen) atoms. The lowest BCUT2D eigenvalue weighted by Gasteiger charge is -2.20. The van der Waals surface area contributed by atoms with Crippen LogP contribution in [0.2, 0.25) is 0 Å². The smallest absolute Gasteiger partial charge is 0.416 e. The van der Waals surface area contributed by atoms with Crippen molar-refractivity contribution in [3.8, 4) is 0 Å². The summed E-state index contributed by atoms with van der Waals surface area (Å²) < 4.78 is 42.2. The zero-order chi connectivity index (χ0) is 14.8. The fourth-order valence-electron chi connectivity index (χ4n) is 1.27. The summed E-state index contributed by atoms with van der Waals surface area (Å²) in [6, 6.07) is 2.68. The summed E-state index contributed by atoms with van der Waals surface area (Å²) in [4.78, 5) is 11.5. The van der Waals surface area contributed by atoms with Gasteiger partial charge in [-0.15, -0.1) is 0 Å². The highest BCUT2D eigenvalue weighted by Gasteiger charge is 2.31. The minimum Gasteiger partial charge on any atom is -0.444 e. The molecule has 3 N–H and O–H groups in total. The molecule has 106 valence electrons. The van der Waals surface area contributed by atoms with Crippen LogP contribution in [0.5, 0.6) is 0 Å². The summed E-state index contributed by atoms with van der Waals surface area (Å²) in [6.07, 6.45) is -5.25. The molecule has 0 saturated carbocycles. The van der Waals surface area contributed by atoms with Gasteiger partial charge in [0.25, 0.3) is 0 Å². The van der Waals surface area contributed by atoms with E-state index < -0.39 is 23.4 Å². The number of carbonyl (C=O) groups is 1. The van der Waals surface area contributed by atoms with Gasteiger partial charge in [0.05, 0.1) is 16.9 Å². The molecule has 0 aliphatic heterocycles. The van der Waals surface area contributed by atoms with Crippen molar-refractivity contribution in [1.29, 1.82) is 0 Å². The summed E-state index contributed by atoms with van der Waals surface area (Å²) >= 11 is 0. The number of carbonyl (C=O) groups excluding carboxylic acids is 1.